The number of carbonyl (C=O) groups is 1. The van der Waals surface area contributed by atoms with E-state index in [0.717, 1.165) is 25.9 Å². The minimum atomic E-state index is -0.481. The monoisotopic (exact) mass is 255 g/mol. The number of anilines is 1. The Bertz CT molecular complexity index is 419. The third-order valence-electron chi connectivity index (χ3n) is 2.61. The average Bonchev–Trinajstić information content (AvgIpc) is 2.82. The molecule has 0 unspecified atom stereocenters. The summed E-state index contributed by atoms with van der Waals surface area (Å²) >= 11 is 5.96. The van der Waals surface area contributed by atoms with Crippen LogP contribution >= 0.6 is 11.6 Å². The first-order valence-electron chi connectivity index (χ1n) is 5.67. The van der Waals surface area contributed by atoms with E-state index in [0.29, 0.717) is 12.6 Å². The highest BCUT2D eigenvalue weighted by Gasteiger charge is 2.19. The van der Waals surface area contributed by atoms with Gasteiger partial charge in [-0.25, -0.2) is 14.8 Å². The van der Waals surface area contributed by atoms with Crippen molar-refractivity contribution in [3.8, 4) is 0 Å². The van der Waals surface area contributed by atoms with E-state index >= 15 is 0 Å². The zero-order valence-corrected chi connectivity index (χ0v) is 10.4. The van der Waals surface area contributed by atoms with Crippen LogP contribution in [0, 0.1) is 0 Å². The smallest absolute Gasteiger partial charge is 0.342 e. The number of hydrogen-bond acceptors (Lipinski definition) is 5. The molecule has 1 fully saturated rings. The number of rotatable bonds is 3. The second-order valence-corrected chi connectivity index (χ2v) is 4.15. The van der Waals surface area contributed by atoms with Crippen LogP contribution in [0.25, 0.3) is 0 Å². The van der Waals surface area contributed by atoms with Gasteiger partial charge >= 0.3 is 5.97 Å². The Morgan fingerprint density at radius 2 is 2.24 bits per heavy atom. The van der Waals surface area contributed by atoms with Gasteiger partial charge in [0, 0.05) is 19.3 Å². The Labute approximate surface area is 105 Å². The summed E-state index contributed by atoms with van der Waals surface area (Å²) in [6.45, 7) is 3.93. The molecule has 0 spiro atoms. The summed E-state index contributed by atoms with van der Waals surface area (Å²) in [7, 11) is 0. The maximum atomic E-state index is 11.5. The molecule has 17 heavy (non-hydrogen) atoms. The molecule has 1 saturated heterocycles. The van der Waals surface area contributed by atoms with Crippen molar-refractivity contribution in [2.45, 2.75) is 19.8 Å². The predicted octanol–water partition coefficient (Wildman–Crippen LogP) is 1.91. The van der Waals surface area contributed by atoms with Gasteiger partial charge in [0.15, 0.2) is 0 Å². The highest BCUT2D eigenvalue weighted by atomic mass is 35.5. The highest BCUT2D eigenvalue weighted by Crippen LogP contribution is 2.20. The lowest BCUT2D eigenvalue weighted by Gasteiger charge is -2.15. The van der Waals surface area contributed by atoms with E-state index in [9.17, 15) is 4.79 Å². The number of carbonyl (C=O) groups excluding carboxylic acids is 1. The van der Waals surface area contributed by atoms with Crippen LogP contribution in [0.2, 0.25) is 5.15 Å². The van der Waals surface area contributed by atoms with Gasteiger partial charge in [0.2, 0.25) is 5.95 Å². The molecule has 1 aromatic heterocycles. The summed E-state index contributed by atoms with van der Waals surface area (Å²) in [5, 5.41) is 0.153. The molecule has 1 aromatic rings. The summed E-state index contributed by atoms with van der Waals surface area (Å²) in [4.78, 5) is 21.8. The predicted molar refractivity (Wildman–Crippen MR) is 64.4 cm³/mol. The molecule has 0 amide bonds. The minimum Gasteiger partial charge on any atom is -0.462 e. The lowest BCUT2D eigenvalue weighted by molar-refractivity contribution is 0.0525. The number of halogens is 1. The van der Waals surface area contributed by atoms with Crippen LogP contribution in [0.3, 0.4) is 0 Å². The number of hydrogen-bond donors (Lipinski definition) is 0. The highest BCUT2D eigenvalue weighted by molar-refractivity contribution is 6.32. The quantitative estimate of drug-likeness (QED) is 0.610. The van der Waals surface area contributed by atoms with Crippen molar-refractivity contribution in [1.82, 2.24) is 9.97 Å². The number of nitrogens with zero attached hydrogens (tertiary/aromatic N) is 3. The van der Waals surface area contributed by atoms with E-state index in [-0.39, 0.29) is 10.7 Å². The average molecular weight is 256 g/mol. The second-order valence-electron chi connectivity index (χ2n) is 3.79. The van der Waals surface area contributed by atoms with Gasteiger partial charge in [0.05, 0.1) is 6.61 Å². The molecular weight excluding hydrogens is 242 g/mol. The molecular formula is C11H14ClN3O2. The third kappa shape index (κ3) is 2.66. The van der Waals surface area contributed by atoms with Crippen molar-refractivity contribution in [2.24, 2.45) is 0 Å². The van der Waals surface area contributed by atoms with E-state index in [4.69, 9.17) is 16.3 Å². The molecule has 92 valence electrons. The molecule has 1 aliphatic rings. The van der Waals surface area contributed by atoms with Crippen LogP contribution in [0.15, 0.2) is 6.20 Å². The molecule has 6 heteroatoms. The van der Waals surface area contributed by atoms with Gasteiger partial charge in [-0.2, -0.15) is 0 Å². The van der Waals surface area contributed by atoms with Crippen LogP contribution < -0.4 is 4.90 Å². The minimum absolute atomic E-state index is 0.153. The van der Waals surface area contributed by atoms with Crippen molar-refractivity contribution >= 4 is 23.5 Å². The molecule has 5 nitrogen and oxygen atoms in total. The van der Waals surface area contributed by atoms with Crippen LogP contribution in [-0.2, 0) is 4.74 Å². The SMILES string of the molecule is CCOC(=O)c1cnc(N2CCCC2)nc1Cl. The molecule has 0 bridgehead atoms. The van der Waals surface area contributed by atoms with Crippen LogP contribution in [0.1, 0.15) is 30.1 Å². The zero-order valence-electron chi connectivity index (χ0n) is 9.65. The Balaban J connectivity index is 2.19. The second kappa shape index (κ2) is 5.31. The van der Waals surface area contributed by atoms with Gasteiger partial charge in [0.25, 0.3) is 0 Å². The van der Waals surface area contributed by atoms with E-state index in [1.807, 2.05) is 0 Å². The van der Waals surface area contributed by atoms with E-state index < -0.39 is 5.97 Å². The fourth-order valence-corrected chi connectivity index (χ4v) is 1.97. The molecule has 0 atom stereocenters. The summed E-state index contributed by atoms with van der Waals surface area (Å²) in [6.07, 6.45) is 3.71. The van der Waals surface area contributed by atoms with Crippen LogP contribution in [0.4, 0.5) is 5.95 Å². The van der Waals surface area contributed by atoms with Gasteiger partial charge in [-0.05, 0) is 19.8 Å². The lowest BCUT2D eigenvalue weighted by Crippen LogP contribution is -2.21. The van der Waals surface area contributed by atoms with Gasteiger partial charge in [0.1, 0.15) is 10.7 Å². The fraction of sp³-hybridized carbons (Fsp3) is 0.545. The van der Waals surface area contributed by atoms with Gasteiger partial charge in [-0.15, -0.1) is 0 Å². The van der Waals surface area contributed by atoms with Gasteiger partial charge in [-0.3, -0.25) is 0 Å². The van der Waals surface area contributed by atoms with Crippen LogP contribution in [-0.4, -0.2) is 35.6 Å². The molecule has 2 rings (SSSR count). The normalized spacial score (nSPS) is 15.1. The molecule has 2 heterocycles. The van der Waals surface area contributed by atoms with Crippen LogP contribution in [0.5, 0.6) is 0 Å². The van der Waals surface area contributed by atoms with E-state index in [1.165, 1.54) is 6.20 Å². The van der Waals surface area contributed by atoms with Crippen molar-refractivity contribution in [1.29, 1.82) is 0 Å². The summed E-state index contributed by atoms with van der Waals surface area (Å²) in [5.41, 5.74) is 0.219. The van der Waals surface area contributed by atoms with Crippen molar-refractivity contribution < 1.29 is 9.53 Å². The summed E-state index contributed by atoms with van der Waals surface area (Å²) in [6, 6.07) is 0. The summed E-state index contributed by atoms with van der Waals surface area (Å²) in [5.74, 6) is 0.103. The Morgan fingerprint density at radius 3 is 2.82 bits per heavy atom. The standard InChI is InChI=1S/C11H14ClN3O2/c1-2-17-10(16)8-7-13-11(14-9(8)12)15-5-3-4-6-15/h7H,2-6H2,1H3. The lowest BCUT2D eigenvalue weighted by atomic mass is 10.3. The Morgan fingerprint density at radius 1 is 1.53 bits per heavy atom. The Kier molecular flexibility index (Phi) is 3.78. The first-order chi connectivity index (χ1) is 8.22. The van der Waals surface area contributed by atoms with Crippen molar-refractivity contribution in [3.05, 3.63) is 16.9 Å². The molecule has 0 aromatic carbocycles. The maximum Gasteiger partial charge on any atom is 0.342 e. The number of esters is 1. The first-order valence-corrected chi connectivity index (χ1v) is 6.04. The third-order valence-corrected chi connectivity index (χ3v) is 2.90. The van der Waals surface area contributed by atoms with E-state index in [2.05, 4.69) is 14.9 Å². The maximum absolute atomic E-state index is 11.5. The fourth-order valence-electron chi connectivity index (χ4n) is 1.77. The molecule has 0 aliphatic carbocycles. The van der Waals surface area contributed by atoms with Gasteiger partial charge < -0.3 is 9.64 Å². The van der Waals surface area contributed by atoms with Crippen molar-refractivity contribution in [2.75, 3.05) is 24.6 Å². The zero-order chi connectivity index (χ0) is 12.3. The largest absolute Gasteiger partial charge is 0.462 e. The topological polar surface area (TPSA) is 55.3 Å². The van der Waals surface area contributed by atoms with Crippen molar-refractivity contribution in [3.63, 3.8) is 0 Å². The summed E-state index contributed by atoms with van der Waals surface area (Å²) < 4.78 is 4.86. The molecule has 0 N–H and O–H groups in total. The molecule has 0 saturated carbocycles. The number of ether oxygens (including phenoxy) is 1. The van der Waals surface area contributed by atoms with Gasteiger partial charge in [-0.1, -0.05) is 11.6 Å². The van der Waals surface area contributed by atoms with E-state index in [1.54, 1.807) is 6.92 Å². The first kappa shape index (κ1) is 12.1. The number of aromatic nitrogens is 2. The molecule has 1 aliphatic heterocycles. The Hall–Kier alpha value is -1.36. The molecule has 0 radical (unpaired) electrons.